The monoisotopic (exact) mass is 281 g/mol. The number of hydrogen-bond acceptors (Lipinski definition) is 7. The van der Waals surface area contributed by atoms with E-state index in [4.69, 9.17) is 0 Å². The first-order valence-corrected chi connectivity index (χ1v) is 7.25. The fourth-order valence-corrected chi connectivity index (χ4v) is 2.94. The molecule has 0 saturated heterocycles. The Balaban J connectivity index is 1.93. The zero-order chi connectivity index (χ0) is 13.0. The van der Waals surface area contributed by atoms with E-state index in [0.29, 0.717) is 0 Å². The Morgan fingerprint density at radius 1 is 1.33 bits per heavy atom. The minimum absolute atomic E-state index is 0.860. The maximum Gasteiger partial charge on any atom is 0.208 e. The molecule has 0 aliphatic rings. The first-order chi connectivity index (χ1) is 8.69. The number of nitrogens with one attached hydrogen (secondary N) is 1. The van der Waals surface area contributed by atoms with Gasteiger partial charge in [0.1, 0.15) is 5.82 Å². The van der Waals surface area contributed by atoms with Crippen LogP contribution in [0.2, 0.25) is 0 Å². The van der Waals surface area contributed by atoms with Crippen molar-refractivity contribution in [3.8, 4) is 0 Å². The molecule has 2 aromatic rings. The predicted octanol–water partition coefficient (Wildman–Crippen LogP) is 2.33. The zero-order valence-electron chi connectivity index (χ0n) is 10.5. The summed E-state index contributed by atoms with van der Waals surface area (Å²) in [5, 5.41) is 12.2. The molecule has 0 aliphatic carbocycles. The molecule has 0 aromatic carbocycles. The summed E-state index contributed by atoms with van der Waals surface area (Å²) in [5.41, 5.74) is 1.18. The van der Waals surface area contributed by atoms with E-state index in [2.05, 4.69) is 26.6 Å². The van der Waals surface area contributed by atoms with Crippen LogP contribution in [0.1, 0.15) is 5.56 Å². The SMILES string of the molecule is CNc1ccc(CSc2nnc(N(C)C)s2)cn1. The van der Waals surface area contributed by atoms with E-state index >= 15 is 0 Å². The van der Waals surface area contributed by atoms with Gasteiger partial charge in [0.05, 0.1) is 0 Å². The van der Waals surface area contributed by atoms with Crippen LogP contribution in [0.15, 0.2) is 22.7 Å². The quantitative estimate of drug-likeness (QED) is 0.849. The second-order valence-corrected chi connectivity index (χ2v) is 6.01. The highest BCUT2D eigenvalue weighted by molar-refractivity contribution is 8.00. The number of hydrogen-bond donors (Lipinski definition) is 1. The van der Waals surface area contributed by atoms with Gasteiger partial charge in [-0.2, -0.15) is 0 Å². The summed E-state index contributed by atoms with van der Waals surface area (Å²) >= 11 is 3.28. The van der Waals surface area contributed by atoms with Crippen LogP contribution < -0.4 is 10.2 Å². The van der Waals surface area contributed by atoms with Gasteiger partial charge in [-0.1, -0.05) is 29.2 Å². The molecule has 1 N–H and O–H groups in total. The molecule has 0 saturated carbocycles. The third-order valence-electron chi connectivity index (χ3n) is 2.22. The molecular weight excluding hydrogens is 266 g/mol. The van der Waals surface area contributed by atoms with Crippen LogP contribution in [-0.4, -0.2) is 36.3 Å². The molecule has 0 aliphatic heterocycles. The molecule has 96 valence electrons. The summed E-state index contributed by atoms with van der Waals surface area (Å²) in [7, 11) is 5.80. The minimum atomic E-state index is 0.860. The molecular formula is C11H15N5S2. The van der Waals surface area contributed by atoms with E-state index in [1.165, 1.54) is 5.56 Å². The molecule has 0 radical (unpaired) electrons. The van der Waals surface area contributed by atoms with Crippen LogP contribution in [0.4, 0.5) is 10.9 Å². The van der Waals surface area contributed by atoms with Gasteiger partial charge in [-0.05, 0) is 11.6 Å². The predicted molar refractivity (Wildman–Crippen MR) is 77.6 cm³/mol. The summed E-state index contributed by atoms with van der Waals surface area (Å²) in [6.07, 6.45) is 1.88. The lowest BCUT2D eigenvalue weighted by molar-refractivity contribution is 0.972. The van der Waals surface area contributed by atoms with Gasteiger partial charge in [-0.25, -0.2) is 4.98 Å². The lowest BCUT2D eigenvalue weighted by Gasteiger charge is -2.03. The van der Waals surface area contributed by atoms with Crippen LogP contribution in [-0.2, 0) is 5.75 Å². The summed E-state index contributed by atoms with van der Waals surface area (Å²) in [5.74, 6) is 1.74. The standard InChI is InChI=1S/C11H15N5S2/c1-12-9-5-4-8(6-13-9)7-17-11-15-14-10(18-11)16(2)3/h4-6H,7H2,1-3H3,(H,12,13). The summed E-state index contributed by atoms with van der Waals surface area (Å²) < 4.78 is 0.983. The molecule has 18 heavy (non-hydrogen) atoms. The normalized spacial score (nSPS) is 10.4. The van der Waals surface area contributed by atoms with Gasteiger partial charge in [0, 0.05) is 33.1 Å². The molecule has 0 unspecified atom stereocenters. The lowest BCUT2D eigenvalue weighted by atomic mass is 10.3. The van der Waals surface area contributed by atoms with E-state index in [1.54, 1.807) is 23.1 Å². The fourth-order valence-electron chi connectivity index (χ4n) is 1.24. The lowest BCUT2D eigenvalue weighted by Crippen LogP contribution is -2.07. The third-order valence-corrected chi connectivity index (χ3v) is 4.52. The third kappa shape index (κ3) is 3.33. The Labute approximate surface area is 115 Å². The number of pyridine rings is 1. The van der Waals surface area contributed by atoms with Crippen LogP contribution >= 0.6 is 23.1 Å². The Bertz CT molecular complexity index is 494. The van der Waals surface area contributed by atoms with Gasteiger partial charge in [-0.15, -0.1) is 10.2 Å². The van der Waals surface area contributed by atoms with Gasteiger partial charge in [-0.3, -0.25) is 0 Å². The largest absolute Gasteiger partial charge is 0.373 e. The van der Waals surface area contributed by atoms with Gasteiger partial charge in [0.25, 0.3) is 0 Å². The first kappa shape index (κ1) is 13.1. The molecule has 0 bridgehead atoms. The fraction of sp³-hybridized carbons (Fsp3) is 0.364. The van der Waals surface area contributed by atoms with Gasteiger partial charge < -0.3 is 10.2 Å². The summed E-state index contributed by atoms with van der Waals surface area (Å²) in [6.45, 7) is 0. The summed E-state index contributed by atoms with van der Waals surface area (Å²) in [6, 6.07) is 4.04. The Hall–Kier alpha value is -1.34. The second kappa shape index (κ2) is 6.01. The second-order valence-electron chi connectivity index (χ2n) is 3.84. The molecule has 2 heterocycles. The number of nitrogens with zero attached hydrogens (tertiary/aromatic N) is 4. The van der Waals surface area contributed by atoms with Crippen molar-refractivity contribution < 1.29 is 0 Å². The Kier molecular flexibility index (Phi) is 4.38. The highest BCUT2D eigenvalue weighted by Crippen LogP contribution is 2.29. The Morgan fingerprint density at radius 3 is 2.72 bits per heavy atom. The molecule has 0 atom stereocenters. The van der Waals surface area contributed by atoms with E-state index in [0.717, 1.165) is 21.0 Å². The minimum Gasteiger partial charge on any atom is -0.373 e. The van der Waals surface area contributed by atoms with Crippen molar-refractivity contribution in [3.05, 3.63) is 23.9 Å². The van der Waals surface area contributed by atoms with Crippen LogP contribution in [0.25, 0.3) is 0 Å². The van der Waals surface area contributed by atoms with Gasteiger partial charge in [0.15, 0.2) is 4.34 Å². The first-order valence-electron chi connectivity index (χ1n) is 5.45. The maximum absolute atomic E-state index is 4.28. The average molecular weight is 281 g/mol. The van der Waals surface area contributed by atoms with E-state index < -0.39 is 0 Å². The molecule has 5 nitrogen and oxygen atoms in total. The van der Waals surface area contributed by atoms with Crippen LogP contribution in [0.3, 0.4) is 0 Å². The van der Waals surface area contributed by atoms with Crippen molar-refractivity contribution in [2.24, 2.45) is 0 Å². The number of aromatic nitrogens is 3. The molecule has 0 fully saturated rings. The molecule has 0 spiro atoms. The zero-order valence-corrected chi connectivity index (χ0v) is 12.2. The number of thioether (sulfide) groups is 1. The van der Waals surface area contributed by atoms with Crippen molar-refractivity contribution in [1.82, 2.24) is 15.2 Å². The highest BCUT2D eigenvalue weighted by Gasteiger charge is 2.06. The maximum atomic E-state index is 4.28. The van der Waals surface area contributed by atoms with Crippen molar-refractivity contribution in [2.75, 3.05) is 31.4 Å². The van der Waals surface area contributed by atoms with Gasteiger partial charge >= 0.3 is 0 Å². The van der Waals surface area contributed by atoms with Crippen LogP contribution in [0, 0.1) is 0 Å². The Morgan fingerprint density at radius 2 is 2.17 bits per heavy atom. The number of anilines is 2. The molecule has 2 rings (SSSR count). The number of rotatable bonds is 5. The smallest absolute Gasteiger partial charge is 0.208 e. The van der Waals surface area contributed by atoms with Crippen molar-refractivity contribution in [2.45, 2.75) is 10.1 Å². The molecule has 2 aromatic heterocycles. The van der Waals surface area contributed by atoms with Gasteiger partial charge in [0.2, 0.25) is 5.13 Å². The van der Waals surface area contributed by atoms with Crippen molar-refractivity contribution >= 4 is 34.0 Å². The van der Waals surface area contributed by atoms with Crippen molar-refractivity contribution in [1.29, 1.82) is 0 Å². The average Bonchev–Trinajstić information content (AvgIpc) is 2.86. The summed E-state index contributed by atoms with van der Waals surface area (Å²) in [4.78, 5) is 6.24. The van der Waals surface area contributed by atoms with E-state index in [9.17, 15) is 0 Å². The van der Waals surface area contributed by atoms with E-state index in [-0.39, 0.29) is 0 Å². The van der Waals surface area contributed by atoms with Crippen molar-refractivity contribution in [3.63, 3.8) is 0 Å². The van der Waals surface area contributed by atoms with E-state index in [1.807, 2.05) is 38.3 Å². The van der Waals surface area contributed by atoms with Crippen LogP contribution in [0.5, 0.6) is 0 Å². The highest BCUT2D eigenvalue weighted by atomic mass is 32.2. The molecule has 0 amide bonds. The molecule has 7 heteroatoms. The topological polar surface area (TPSA) is 53.9 Å².